The molecule has 2 aromatic carbocycles. The smallest absolute Gasteiger partial charge is 0.228 e. The number of halogens is 1. The minimum Gasteiger partial charge on any atom is -0.495 e. The van der Waals surface area contributed by atoms with Crippen LogP contribution in [0.15, 0.2) is 67.0 Å². The third kappa shape index (κ3) is 3.21. The number of aromatic nitrogens is 1. The Balaban J connectivity index is 0.00000304. The van der Waals surface area contributed by atoms with Crippen molar-refractivity contribution in [2.24, 2.45) is 5.92 Å². The normalized spacial score (nSPS) is 27.6. The maximum atomic E-state index is 13.6. The van der Waals surface area contributed by atoms with Gasteiger partial charge in [-0.15, -0.1) is 12.4 Å². The average molecular weight is 508 g/mol. The summed E-state index contributed by atoms with van der Waals surface area (Å²) in [4.78, 5) is 19.2. The van der Waals surface area contributed by atoms with Gasteiger partial charge >= 0.3 is 0 Å². The van der Waals surface area contributed by atoms with Crippen LogP contribution >= 0.6 is 12.4 Å². The molecule has 0 spiro atoms. The summed E-state index contributed by atoms with van der Waals surface area (Å²) in [5, 5.41) is 33.8. The summed E-state index contributed by atoms with van der Waals surface area (Å²) in [7, 11) is 4.67. The first kappa shape index (κ1) is 25.5. The number of methoxy groups -OCH3 is 1. The Labute approximate surface area is 215 Å². The largest absolute Gasteiger partial charge is 0.495 e. The van der Waals surface area contributed by atoms with E-state index in [2.05, 4.69) is 11.1 Å². The molecule has 5 rings (SSSR count). The number of nitrogens with zero attached hydrogens (tertiary/aromatic N) is 3. The van der Waals surface area contributed by atoms with Gasteiger partial charge < -0.3 is 24.6 Å². The van der Waals surface area contributed by atoms with Crippen molar-refractivity contribution in [3.63, 3.8) is 0 Å². The summed E-state index contributed by atoms with van der Waals surface area (Å²) < 4.78 is 12.1. The number of hydrogen-bond acceptors (Lipinski definition) is 7. The maximum Gasteiger partial charge on any atom is 0.228 e. The molecule has 8 nitrogen and oxygen atoms in total. The Hall–Kier alpha value is -3.64. The lowest BCUT2D eigenvalue weighted by molar-refractivity contribution is -0.156. The number of carbonyl (C=O) groups is 1. The van der Waals surface area contributed by atoms with Gasteiger partial charge in [-0.25, -0.2) is 0 Å². The first-order valence-electron chi connectivity index (χ1n) is 11.2. The number of amides is 1. The summed E-state index contributed by atoms with van der Waals surface area (Å²) >= 11 is 0. The van der Waals surface area contributed by atoms with Crippen LogP contribution in [-0.4, -0.2) is 53.3 Å². The standard InChI is InChI=1S/C27H25N3O5.ClH/c1-30(2)25(32)21-22(17-7-5-4-6-8-17)27(18-11-9-16(13-28)10-12-18)26(33,24(21)31)23-19(34-3)14-29-15-20(23)35-27;/h4-12,14-15,21-22,24,31,33H,1-3H3;1H/t21-,22-,24-,26+,27+;/m1./s1. The van der Waals surface area contributed by atoms with E-state index in [1.807, 2.05) is 30.3 Å². The van der Waals surface area contributed by atoms with E-state index in [1.165, 1.54) is 24.4 Å². The van der Waals surface area contributed by atoms with Gasteiger partial charge in [-0.2, -0.15) is 5.26 Å². The molecular formula is C27H26ClN3O5. The fourth-order valence-corrected chi connectivity index (χ4v) is 5.76. The van der Waals surface area contributed by atoms with E-state index in [0.29, 0.717) is 16.7 Å². The van der Waals surface area contributed by atoms with E-state index in [1.54, 1.807) is 38.4 Å². The highest BCUT2D eigenvalue weighted by Gasteiger charge is 2.78. The van der Waals surface area contributed by atoms with Crippen molar-refractivity contribution >= 4 is 18.3 Å². The van der Waals surface area contributed by atoms with Gasteiger partial charge in [0.05, 0.1) is 42.6 Å². The number of carbonyl (C=O) groups excluding carboxylic acids is 1. The average Bonchev–Trinajstić information content (AvgIpc) is 3.27. The van der Waals surface area contributed by atoms with Gasteiger partial charge in [0.1, 0.15) is 17.6 Å². The van der Waals surface area contributed by atoms with Gasteiger partial charge in [0.25, 0.3) is 0 Å². The summed E-state index contributed by atoms with van der Waals surface area (Å²) in [6.45, 7) is 0. The van der Waals surface area contributed by atoms with Crippen molar-refractivity contribution in [3.8, 4) is 17.6 Å². The molecule has 36 heavy (non-hydrogen) atoms. The third-order valence-corrected chi connectivity index (χ3v) is 7.21. The Morgan fingerprint density at radius 3 is 2.39 bits per heavy atom. The molecule has 2 heterocycles. The SMILES string of the molecule is COc1cncc2c1[C@]1(O)[C@H](O)[C@H](C(=O)N(C)C)[C@@H](c3ccccc3)[C@]1(c1ccc(C#N)cc1)O2.Cl. The van der Waals surface area contributed by atoms with E-state index in [-0.39, 0.29) is 35.4 Å². The minimum atomic E-state index is -2.07. The van der Waals surface area contributed by atoms with Crippen LogP contribution in [0.1, 0.15) is 28.2 Å². The molecule has 0 radical (unpaired) electrons. The van der Waals surface area contributed by atoms with E-state index in [4.69, 9.17) is 9.47 Å². The highest BCUT2D eigenvalue weighted by Crippen LogP contribution is 2.69. The Morgan fingerprint density at radius 2 is 1.81 bits per heavy atom. The summed E-state index contributed by atoms with van der Waals surface area (Å²) in [5.74, 6) is -1.68. The fraction of sp³-hybridized carbons (Fsp3) is 0.296. The van der Waals surface area contributed by atoms with Gasteiger partial charge in [-0.3, -0.25) is 9.78 Å². The molecule has 1 aliphatic heterocycles. The third-order valence-electron chi connectivity index (χ3n) is 7.21. The molecule has 3 aromatic rings. The van der Waals surface area contributed by atoms with Crippen LogP contribution in [0.5, 0.6) is 11.5 Å². The molecule has 1 fully saturated rings. The highest BCUT2D eigenvalue weighted by molar-refractivity contribution is 5.85. The van der Waals surface area contributed by atoms with E-state index >= 15 is 0 Å². The van der Waals surface area contributed by atoms with Crippen molar-refractivity contribution in [2.45, 2.75) is 23.2 Å². The van der Waals surface area contributed by atoms with Crippen LogP contribution in [0.25, 0.3) is 0 Å². The molecular weight excluding hydrogens is 482 g/mol. The lowest BCUT2D eigenvalue weighted by Crippen LogP contribution is -2.52. The number of fused-ring (bicyclic) bond motifs is 3. The van der Waals surface area contributed by atoms with Gasteiger partial charge in [0.15, 0.2) is 11.2 Å². The first-order chi connectivity index (χ1) is 16.8. The minimum absolute atomic E-state index is 0. The molecule has 1 aromatic heterocycles. The number of pyridine rings is 1. The van der Waals surface area contributed by atoms with E-state index < -0.39 is 29.1 Å². The lowest BCUT2D eigenvalue weighted by Gasteiger charge is -2.40. The zero-order valence-electron chi connectivity index (χ0n) is 20.0. The van der Waals surface area contributed by atoms with Gasteiger partial charge in [0.2, 0.25) is 5.91 Å². The zero-order chi connectivity index (χ0) is 25.0. The number of rotatable bonds is 4. The molecule has 0 unspecified atom stereocenters. The van der Waals surface area contributed by atoms with Crippen LogP contribution in [-0.2, 0) is 16.0 Å². The number of nitriles is 1. The first-order valence-corrected chi connectivity index (χ1v) is 11.2. The predicted molar refractivity (Wildman–Crippen MR) is 133 cm³/mol. The Kier molecular flexibility index (Phi) is 6.43. The summed E-state index contributed by atoms with van der Waals surface area (Å²) in [6, 6.07) is 18.0. The van der Waals surface area contributed by atoms with Crippen molar-refractivity contribution in [1.29, 1.82) is 5.26 Å². The zero-order valence-corrected chi connectivity index (χ0v) is 20.8. The topological polar surface area (TPSA) is 116 Å². The number of benzene rings is 2. The second-order valence-electron chi connectivity index (χ2n) is 9.10. The fourth-order valence-electron chi connectivity index (χ4n) is 5.76. The Bertz CT molecular complexity index is 1330. The molecule has 1 saturated carbocycles. The molecule has 9 heteroatoms. The van der Waals surface area contributed by atoms with Gasteiger partial charge in [-0.1, -0.05) is 42.5 Å². The number of aliphatic hydroxyl groups is 2. The van der Waals surface area contributed by atoms with Gasteiger partial charge in [0, 0.05) is 20.0 Å². The molecule has 2 aliphatic rings. The molecule has 5 atom stereocenters. The van der Waals surface area contributed by atoms with E-state index in [9.17, 15) is 20.3 Å². The van der Waals surface area contributed by atoms with Crippen LogP contribution in [0, 0.1) is 17.2 Å². The summed E-state index contributed by atoms with van der Waals surface area (Å²) in [6.07, 6.45) is 1.37. The van der Waals surface area contributed by atoms with Crippen LogP contribution < -0.4 is 9.47 Å². The van der Waals surface area contributed by atoms with Crippen LogP contribution in [0.2, 0.25) is 0 Å². The van der Waals surface area contributed by atoms with Crippen molar-refractivity contribution in [3.05, 3.63) is 89.2 Å². The number of hydrogen-bond donors (Lipinski definition) is 2. The highest BCUT2D eigenvalue weighted by atomic mass is 35.5. The van der Waals surface area contributed by atoms with E-state index in [0.717, 1.165) is 0 Å². The molecule has 2 N–H and O–H groups in total. The maximum absolute atomic E-state index is 13.6. The van der Waals surface area contributed by atoms with Crippen molar-refractivity contribution < 1.29 is 24.5 Å². The second kappa shape index (κ2) is 9.10. The molecule has 1 amide bonds. The molecule has 1 aliphatic carbocycles. The second-order valence-corrected chi connectivity index (χ2v) is 9.10. The lowest BCUT2D eigenvalue weighted by atomic mass is 9.70. The number of aliphatic hydroxyl groups excluding tert-OH is 1. The van der Waals surface area contributed by atoms with Crippen LogP contribution in [0.3, 0.4) is 0 Å². The van der Waals surface area contributed by atoms with Crippen LogP contribution in [0.4, 0.5) is 0 Å². The Morgan fingerprint density at radius 1 is 1.14 bits per heavy atom. The van der Waals surface area contributed by atoms with Gasteiger partial charge in [-0.05, 0) is 23.3 Å². The molecule has 0 bridgehead atoms. The molecule has 0 saturated heterocycles. The predicted octanol–water partition coefficient (Wildman–Crippen LogP) is 2.72. The quantitative estimate of drug-likeness (QED) is 0.557. The monoisotopic (exact) mass is 507 g/mol. The summed E-state index contributed by atoms with van der Waals surface area (Å²) in [5.41, 5.74) is -1.79. The van der Waals surface area contributed by atoms with Crippen molar-refractivity contribution in [1.82, 2.24) is 9.88 Å². The number of ether oxygens (including phenoxy) is 2. The molecule has 186 valence electrons. The van der Waals surface area contributed by atoms with Crippen molar-refractivity contribution in [2.75, 3.05) is 21.2 Å².